The zero-order valence-electron chi connectivity index (χ0n) is 16.4. The fourth-order valence-corrected chi connectivity index (χ4v) is 3.40. The molecular formula is C20H24IN3O3S. The number of amides is 1. The molecule has 0 aliphatic heterocycles. The van der Waals surface area contributed by atoms with Gasteiger partial charge in [-0.05, 0) is 73.4 Å². The molecule has 28 heavy (non-hydrogen) atoms. The molecule has 0 spiro atoms. The SMILES string of the molecule is C=CCON=CC(C)(C)NC(=O)C(Oc1cc(C)c2ncc(I)cc2c1)SC. The molecule has 1 unspecified atom stereocenters. The summed E-state index contributed by atoms with van der Waals surface area (Å²) in [5.41, 5.74) is 0.537. The molecule has 0 aliphatic carbocycles. The molecule has 0 radical (unpaired) electrons. The summed E-state index contributed by atoms with van der Waals surface area (Å²) in [6.07, 6.45) is 6.80. The summed E-state index contributed by atoms with van der Waals surface area (Å²) in [5, 5.41) is 7.74. The number of nitrogens with zero attached hydrogens (tertiary/aromatic N) is 2. The first-order valence-electron chi connectivity index (χ1n) is 8.60. The van der Waals surface area contributed by atoms with Crippen molar-refractivity contribution < 1.29 is 14.4 Å². The van der Waals surface area contributed by atoms with E-state index in [1.165, 1.54) is 11.8 Å². The molecule has 1 amide bonds. The van der Waals surface area contributed by atoms with Crippen LogP contribution in [0.5, 0.6) is 5.75 Å². The largest absolute Gasteiger partial charge is 0.470 e. The summed E-state index contributed by atoms with van der Waals surface area (Å²) in [6, 6.07) is 5.85. The van der Waals surface area contributed by atoms with Gasteiger partial charge in [-0.1, -0.05) is 17.8 Å². The number of hydrogen-bond acceptors (Lipinski definition) is 6. The van der Waals surface area contributed by atoms with Gasteiger partial charge < -0.3 is 14.9 Å². The van der Waals surface area contributed by atoms with Crippen LogP contribution in [0.3, 0.4) is 0 Å². The van der Waals surface area contributed by atoms with E-state index >= 15 is 0 Å². The highest BCUT2D eigenvalue weighted by Crippen LogP contribution is 2.27. The Morgan fingerprint density at radius 2 is 2.21 bits per heavy atom. The van der Waals surface area contributed by atoms with Crippen LogP contribution in [0.1, 0.15) is 19.4 Å². The van der Waals surface area contributed by atoms with Gasteiger partial charge in [-0.25, -0.2) is 0 Å². The molecule has 0 aliphatic rings. The molecule has 1 aromatic carbocycles. The standard InChI is InChI=1S/C20H24IN3O3S/c1-6-7-26-23-12-20(3,4)24-18(25)19(28-5)27-16-8-13(2)17-14(10-16)9-15(21)11-22-17/h6,8-12,19H,1,7H2,2-5H3,(H,24,25). The number of aromatic nitrogens is 1. The van der Waals surface area contributed by atoms with E-state index in [0.717, 1.165) is 20.0 Å². The molecule has 0 fully saturated rings. The average molecular weight is 513 g/mol. The van der Waals surface area contributed by atoms with E-state index < -0.39 is 11.0 Å². The van der Waals surface area contributed by atoms with Crippen molar-refractivity contribution in [1.82, 2.24) is 10.3 Å². The molecule has 1 atom stereocenters. The van der Waals surface area contributed by atoms with Crippen LogP contribution in [0.15, 0.2) is 42.2 Å². The zero-order chi connectivity index (χ0) is 20.7. The number of pyridine rings is 1. The monoisotopic (exact) mass is 513 g/mol. The molecule has 8 heteroatoms. The summed E-state index contributed by atoms with van der Waals surface area (Å²) < 4.78 is 7.02. The Kier molecular flexibility index (Phi) is 8.11. The lowest BCUT2D eigenvalue weighted by Crippen LogP contribution is -2.49. The minimum absolute atomic E-state index is 0.244. The molecule has 2 rings (SSSR count). The minimum Gasteiger partial charge on any atom is -0.470 e. The normalized spacial score (nSPS) is 12.8. The number of thioether (sulfide) groups is 1. The van der Waals surface area contributed by atoms with Gasteiger partial charge in [0.2, 0.25) is 5.44 Å². The van der Waals surface area contributed by atoms with Crippen molar-refractivity contribution in [3.8, 4) is 5.75 Å². The van der Waals surface area contributed by atoms with Gasteiger partial charge in [0, 0.05) is 15.2 Å². The third-order valence-electron chi connectivity index (χ3n) is 3.67. The predicted octanol–water partition coefficient (Wildman–Crippen LogP) is 4.30. The Balaban J connectivity index is 2.12. The van der Waals surface area contributed by atoms with Gasteiger partial charge in [0.25, 0.3) is 5.91 Å². The second-order valence-electron chi connectivity index (χ2n) is 6.68. The first-order valence-corrected chi connectivity index (χ1v) is 11.0. The zero-order valence-corrected chi connectivity index (χ0v) is 19.3. The number of carbonyl (C=O) groups excluding carboxylic acids is 1. The smallest absolute Gasteiger partial charge is 0.272 e. The number of carbonyl (C=O) groups is 1. The molecule has 0 bridgehead atoms. The van der Waals surface area contributed by atoms with E-state index in [2.05, 4.69) is 44.6 Å². The summed E-state index contributed by atoms with van der Waals surface area (Å²) in [4.78, 5) is 22.2. The van der Waals surface area contributed by atoms with E-state index in [4.69, 9.17) is 9.57 Å². The van der Waals surface area contributed by atoms with Crippen LogP contribution >= 0.6 is 34.4 Å². The number of benzene rings is 1. The highest BCUT2D eigenvalue weighted by Gasteiger charge is 2.26. The van der Waals surface area contributed by atoms with Crippen molar-refractivity contribution in [3.05, 3.63) is 46.2 Å². The van der Waals surface area contributed by atoms with Crippen molar-refractivity contribution >= 4 is 57.4 Å². The lowest BCUT2D eigenvalue weighted by Gasteiger charge is -2.24. The summed E-state index contributed by atoms with van der Waals surface area (Å²) >= 11 is 3.55. The van der Waals surface area contributed by atoms with E-state index in [1.54, 1.807) is 12.3 Å². The number of ether oxygens (including phenoxy) is 1. The van der Waals surface area contributed by atoms with Crippen LogP contribution in [0.4, 0.5) is 0 Å². The van der Waals surface area contributed by atoms with Gasteiger partial charge >= 0.3 is 0 Å². The maximum atomic E-state index is 12.7. The van der Waals surface area contributed by atoms with E-state index in [-0.39, 0.29) is 5.91 Å². The van der Waals surface area contributed by atoms with Crippen LogP contribution in [-0.2, 0) is 9.63 Å². The number of rotatable bonds is 9. The second kappa shape index (κ2) is 10.1. The van der Waals surface area contributed by atoms with Crippen molar-refractivity contribution in [2.45, 2.75) is 31.7 Å². The van der Waals surface area contributed by atoms with Gasteiger partial charge in [0.05, 0.1) is 17.3 Å². The van der Waals surface area contributed by atoms with Gasteiger partial charge in [-0.3, -0.25) is 9.78 Å². The lowest BCUT2D eigenvalue weighted by molar-refractivity contribution is -0.125. The lowest BCUT2D eigenvalue weighted by atomic mass is 10.1. The summed E-state index contributed by atoms with van der Waals surface area (Å²) in [5.74, 6) is 0.385. The Morgan fingerprint density at radius 3 is 2.89 bits per heavy atom. The first-order chi connectivity index (χ1) is 13.3. The predicted molar refractivity (Wildman–Crippen MR) is 124 cm³/mol. The van der Waals surface area contributed by atoms with Crippen LogP contribution in [0.25, 0.3) is 10.9 Å². The summed E-state index contributed by atoms with van der Waals surface area (Å²) in [7, 11) is 0. The Morgan fingerprint density at radius 1 is 1.46 bits per heavy atom. The van der Waals surface area contributed by atoms with Crippen LogP contribution in [0, 0.1) is 10.5 Å². The number of hydrogen-bond donors (Lipinski definition) is 1. The van der Waals surface area contributed by atoms with Gasteiger partial charge in [0.15, 0.2) is 0 Å². The molecule has 0 saturated heterocycles. The Hall–Kier alpha value is -1.81. The third-order valence-corrected chi connectivity index (χ3v) is 5.00. The van der Waals surface area contributed by atoms with Crippen molar-refractivity contribution in [1.29, 1.82) is 0 Å². The van der Waals surface area contributed by atoms with Gasteiger partial charge in [0.1, 0.15) is 12.4 Å². The number of fused-ring (bicyclic) bond motifs is 1. The van der Waals surface area contributed by atoms with Crippen LogP contribution in [-0.4, -0.2) is 40.9 Å². The van der Waals surface area contributed by atoms with Gasteiger partial charge in [-0.15, -0.1) is 11.8 Å². The third kappa shape index (κ3) is 6.37. The quantitative estimate of drug-likeness (QED) is 0.135. The highest BCUT2D eigenvalue weighted by atomic mass is 127. The molecule has 6 nitrogen and oxygen atoms in total. The molecule has 1 aromatic heterocycles. The summed E-state index contributed by atoms with van der Waals surface area (Å²) in [6.45, 7) is 9.51. The molecule has 1 heterocycles. The Bertz CT molecular complexity index is 886. The average Bonchev–Trinajstić information content (AvgIpc) is 2.62. The van der Waals surface area contributed by atoms with Crippen molar-refractivity contribution in [2.24, 2.45) is 5.16 Å². The number of nitrogens with one attached hydrogen (secondary N) is 1. The van der Waals surface area contributed by atoms with Crippen molar-refractivity contribution in [3.63, 3.8) is 0 Å². The maximum Gasteiger partial charge on any atom is 0.272 e. The first kappa shape index (κ1) is 22.5. The molecule has 0 saturated carbocycles. The fourth-order valence-electron chi connectivity index (χ4n) is 2.44. The van der Waals surface area contributed by atoms with Crippen LogP contribution < -0.4 is 10.1 Å². The van der Waals surface area contributed by atoms with E-state index in [9.17, 15) is 4.79 Å². The number of aryl methyl sites for hydroxylation is 1. The highest BCUT2D eigenvalue weighted by molar-refractivity contribution is 14.1. The van der Waals surface area contributed by atoms with Gasteiger partial charge in [-0.2, -0.15) is 0 Å². The number of oxime groups is 1. The molecule has 2 aromatic rings. The number of halogens is 1. The van der Waals surface area contributed by atoms with E-state index in [0.29, 0.717) is 12.4 Å². The minimum atomic E-state index is -0.700. The maximum absolute atomic E-state index is 12.7. The fraction of sp³-hybridized carbons (Fsp3) is 0.350. The molecule has 1 N–H and O–H groups in total. The van der Waals surface area contributed by atoms with Crippen LogP contribution in [0.2, 0.25) is 0 Å². The topological polar surface area (TPSA) is 72.8 Å². The Labute approximate surface area is 183 Å². The second-order valence-corrected chi connectivity index (χ2v) is 8.83. The van der Waals surface area contributed by atoms with E-state index in [1.807, 2.05) is 51.4 Å². The molecule has 150 valence electrons. The van der Waals surface area contributed by atoms with Crippen molar-refractivity contribution in [2.75, 3.05) is 12.9 Å². The molecular weight excluding hydrogens is 489 g/mol.